The minimum Gasteiger partial charge on any atom is -0.147 e. The zero-order valence-electron chi connectivity index (χ0n) is 22.8. The van der Waals surface area contributed by atoms with E-state index in [9.17, 15) is 0 Å². The molecule has 0 N–H and O–H groups in total. The quantitative estimate of drug-likeness (QED) is 0.252. The van der Waals surface area contributed by atoms with E-state index in [1.165, 1.54) is 51.4 Å². The second kappa shape index (κ2) is 11.6. The second-order valence-electron chi connectivity index (χ2n) is 13.1. The SMILES string of the molecule is CCCCC1=CC(C(C)(C)C)=[C]([Zr]([CH3])([CH3])(=[SiH2])[C]2=C(C(C)(C)C)C=C(CCCC)C2)C1.Cl.Cl. The van der Waals surface area contributed by atoms with Crippen molar-refractivity contribution in [2.75, 3.05) is 0 Å². The first-order valence-corrected chi connectivity index (χ1v) is 25.8. The summed E-state index contributed by atoms with van der Waals surface area (Å²) in [4.78, 5) is 0. The molecule has 186 valence electrons. The number of hydrogen-bond donors (Lipinski definition) is 0. The van der Waals surface area contributed by atoms with Crippen LogP contribution in [0.1, 0.15) is 107 Å². The molecule has 2 aliphatic carbocycles. The number of allylic oxidation sites excluding steroid dienone is 8. The topological polar surface area (TPSA) is 0 Å². The van der Waals surface area contributed by atoms with E-state index in [-0.39, 0.29) is 35.6 Å². The average Bonchev–Trinajstić information content (AvgIpc) is 3.22. The maximum absolute atomic E-state index is 3.28. The zero-order valence-corrected chi connectivity index (χ0v) is 28.3. The molecule has 0 saturated heterocycles. The second-order valence-corrected chi connectivity index (χ2v) is 41.9. The molecule has 0 fully saturated rings. The normalized spacial score (nSPS) is 17.8. The fourth-order valence-corrected chi connectivity index (χ4v) is 20.4. The summed E-state index contributed by atoms with van der Waals surface area (Å²) in [5, 5.41) is 0. The Hall–Kier alpha value is 0.640. The first-order chi connectivity index (χ1) is 13.6. The van der Waals surface area contributed by atoms with Gasteiger partial charge in [-0.3, -0.25) is 0 Å². The molecule has 0 unspecified atom stereocenters. The molecule has 0 spiro atoms. The summed E-state index contributed by atoms with van der Waals surface area (Å²) in [5.41, 5.74) is 7.30. The van der Waals surface area contributed by atoms with Crippen molar-refractivity contribution in [1.29, 1.82) is 0 Å². The van der Waals surface area contributed by atoms with Gasteiger partial charge in [0.25, 0.3) is 0 Å². The molecule has 0 aliphatic heterocycles. The summed E-state index contributed by atoms with van der Waals surface area (Å²) in [6.45, 7) is 21.7. The van der Waals surface area contributed by atoms with E-state index < -0.39 is 17.4 Å². The van der Waals surface area contributed by atoms with Crippen LogP contribution in [-0.2, 0) is 17.4 Å². The monoisotopic (exact) mass is 576 g/mol. The molecule has 4 heteroatoms. The van der Waals surface area contributed by atoms with E-state index >= 15 is 0 Å². The molecule has 0 aromatic heterocycles. The van der Waals surface area contributed by atoms with Gasteiger partial charge in [-0.25, -0.2) is 0 Å². The van der Waals surface area contributed by atoms with Gasteiger partial charge in [-0.2, -0.15) is 0 Å². The number of hydrogen-bond acceptors (Lipinski definition) is 0. The third kappa shape index (κ3) is 7.32. The Morgan fingerprint density at radius 1 is 0.719 bits per heavy atom. The van der Waals surface area contributed by atoms with Gasteiger partial charge in [0, 0.05) is 0 Å². The first-order valence-electron chi connectivity index (χ1n) is 12.5. The molecular weight excluding hydrogens is 527 g/mol. The van der Waals surface area contributed by atoms with E-state index in [1.54, 1.807) is 22.3 Å². The first kappa shape index (κ1) is 32.6. The molecule has 2 rings (SSSR count). The molecule has 0 saturated carbocycles. The van der Waals surface area contributed by atoms with Crippen LogP contribution in [0.3, 0.4) is 0 Å². The summed E-state index contributed by atoms with van der Waals surface area (Å²) in [6, 6.07) is 0. The van der Waals surface area contributed by atoms with Crippen molar-refractivity contribution in [2.24, 2.45) is 10.8 Å². The van der Waals surface area contributed by atoms with Crippen molar-refractivity contribution in [3.05, 3.63) is 41.0 Å². The molecular formula is C28H52Cl2SiZr. The Bertz CT molecular complexity index is 798. The molecule has 32 heavy (non-hydrogen) atoms. The zero-order chi connectivity index (χ0) is 23.0. The van der Waals surface area contributed by atoms with Gasteiger partial charge in [0.05, 0.1) is 0 Å². The summed E-state index contributed by atoms with van der Waals surface area (Å²) in [7, 11) is 0. The molecule has 0 nitrogen and oxygen atoms in total. The molecule has 2 aliphatic rings. The van der Waals surface area contributed by atoms with Crippen LogP contribution < -0.4 is 0 Å². The standard InChI is InChI=1S/2C13H21.2CH3.2ClH.H2Si.Zr/c2*1-5-6-7-11-8-9-12(10-11)13(2,3)4;;;;;;/h2*10H,5-8H2,1-4H3;2*1H3;2*1H;1H2;. The molecule has 0 amide bonds. The van der Waals surface area contributed by atoms with Gasteiger partial charge >= 0.3 is 192 Å². The van der Waals surface area contributed by atoms with E-state index in [2.05, 4.69) is 83.7 Å². The summed E-state index contributed by atoms with van der Waals surface area (Å²) in [6.07, 6.45) is 15.6. The van der Waals surface area contributed by atoms with Crippen LogP contribution in [0, 0.1) is 10.8 Å². The predicted octanol–water partition coefficient (Wildman–Crippen LogP) is 9.80. The average molecular weight is 579 g/mol. The van der Waals surface area contributed by atoms with Gasteiger partial charge < -0.3 is 0 Å². The van der Waals surface area contributed by atoms with Crippen LogP contribution in [0.15, 0.2) is 41.0 Å². The molecule has 0 aromatic rings. The van der Waals surface area contributed by atoms with Gasteiger partial charge in [-0.05, 0) is 0 Å². The van der Waals surface area contributed by atoms with Crippen molar-refractivity contribution in [3.8, 4) is 0 Å². The van der Waals surface area contributed by atoms with Crippen LogP contribution in [-0.4, -0.2) is 6.88 Å². The Labute approximate surface area is 215 Å². The van der Waals surface area contributed by atoms with Crippen LogP contribution in [0.5, 0.6) is 0 Å². The van der Waals surface area contributed by atoms with Gasteiger partial charge in [0.1, 0.15) is 0 Å². The smallest absolute Gasteiger partial charge is 0.147 e. The molecule has 0 aromatic carbocycles. The molecule has 0 radical (unpaired) electrons. The van der Waals surface area contributed by atoms with E-state index in [0.29, 0.717) is 0 Å². The van der Waals surface area contributed by atoms with Crippen LogP contribution in [0.4, 0.5) is 0 Å². The largest absolute Gasteiger partial charge is 0.147 e. The number of rotatable bonds is 8. The summed E-state index contributed by atoms with van der Waals surface area (Å²) >= 11 is -3.28. The fraction of sp³-hybridized carbons (Fsp3) is 0.714. The van der Waals surface area contributed by atoms with Crippen molar-refractivity contribution >= 4 is 31.7 Å². The van der Waals surface area contributed by atoms with Crippen LogP contribution >= 0.6 is 24.8 Å². The molecule has 0 heterocycles. The third-order valence-electron chi connectivity index (χ3n) is 7.41. The van der Waals surface area contributed by atoms with Gasteiger partial charge in [-0.15, -0.1) is 24.8 Å². The van der Waals surface area contributed by atoms with Crippen molar-refractivity contribution in [1.82, 2.24) is 0 Å². The Balaban J connectivity index is 0.00000480. The Kier molecular flexibility index (Phi) is 11.8. The predicted molar refractivity (Wildman–Crippen MR) is 152 cm³/mol. The van der Waals surface area contributed by atoms with E-state index in [1.807, 2.05) is 6.56 Å². The van der Waals surface area contributed by atoms with Crippen LogP contribution in [0.2, 0.25) is 9.26 Å². The Morgan fingerprint density at radius 3 is 1.28 bits per heavy atom. The maximum atomic E-state index is 2.76. The summed E-state index contributed by atoms with van der Waals surface area (Å²) in [5.74, 6) is 0. The van der Waals surface area contributed by atoms with E-state index in [4.69, 9.17) is 0 Å². The van der Waals surface area contributed by atoms with Gasteiger partial charge in [-0.1, -0.05) is 0 Å². The molecule has 0 bridgehead atoms. The number of halogens is 2. The molecule has 0 atom stereocenters. The third-order valence-corrected chi connectivity index (χ3v) is 24.2. The van der Waals surface area contributed by atoms with Crippen LogP contribution in [0.25, 0.3) is 0 Å². The van der Waals surface area contributed by atoms with E-state index in [0.717, 1.165) is 0 Å². The van der Waals surface area contributed by atoms with Crippen molar-refractivity contribution < 1.29 is 17.4 Å². The van der Waals surface area contributed by atoms with Crippen molar-refractivity contribution in [3.63, 3.8) is 0 Å². The Morgan fingerprint density at radius 2 is 1.03 bits per heavy atom. The van der Waals surface area contributed by atoms with Gasteiger partial charge in [0.15, 0.2) is 0 Å². The summed E-state index contributed by atoms with van der Waals surface area (Å²) < 4.78 is 9.31. The maximum Gasteiger partial charge on any atom is -0.147 e. The minimum absolute atomic E-state index is 0. The van der Waals surface area contributed by atoms with Gasteiger partial charge in [0.2, 0.25) is 0 Å². The van der Waals surface area contributed by atoms with Crippen molar-refractivity contribution in [2.45, 2.75) is 116 Å². The fourth-order valence-electron chi connectivity index (χ4n) is 5.41. The minimum atomic E-state index is -3.28. The number of unbranched alkanes of at least 4 members (excludes halogenated alkanes) is 2.